The molecule has 14 heavy (non-hydrogen) atoms. The third kappa shape index (κ3) is 3.88. The highest BCUT2D eigenvalue weighted by atomic mass is 32.2. The first-order valence-corrected chi connectivity index (χ1v) is 6.03. The first-order chi connectivity index (χ1) is 6.79. The fraction of sp³-hybridized carbons (Fsp3) is 0.900. The molecule has 1 rings (SSSR count). The molecule has 4 heteroatoms. The van der Waals surface area contributed by atoms with E-state index < -0.39 is 0 Å². The molecule has 1 atom stereocenters. The average Bonchev–Trinajstić information content (AvgIpc) is 3.01. The van der Waals surface area contributed by atoms with Crippen LogP contribution in [0.4, 0.5) is 0 Å². The second-order valence-corrected chi connectivity index (χ2v) is 4.75. The van der Waals surface area contributed by atoms with Crippen LogP contribution in [0.2, 0.25) is 0 Å². The minimum atomic E-state index is -0.0603. The molecule has 0 bridgehead atoms. The minimum Gasteiger partial charge on any atom is -0.468 e. The van der Waals surface area contributed by atoms with Gasteiger partial charge in [-0.05, 0) is 30.9 Å². The predicted octanol–water partition coefficient (Wildman–Crippen LogP) is 1.71. The second-order valence-electron chi connectivity index (χ2n) is 3.50. The SMILES string of the molecule is COCCCSC(C(=O)OC)C1CC1. The van der Waals surface area contributed by atoms with Crippen LogP contribution in [0.3, 0.4) is 0 Å². The van der Waals surface area contributed by atoms with E-state index in [9.17, 15) is 4.79 Å². The van der Waals surface area contributed by atoms with Crippen LogP contribution in [0.1, 0.15) is 19.3 Å². The van der Waals surface area contributed by atoms with Crippen molar-refractivity contribution < 1.29 is 14.3 Å². The Balaban J connectivity index is 2.18. The molecule has 0 aliphatic heterocycles. The van der Waals surface area contributed by atoms with Crippen molar-refractivity contribution in [1.29, 1.82) is 0 Å². The lowest BCUT2D eigenvalue weighted by atomic mass is 10.3. The first-order valence-electron chi connectivity index (χ1n) is 4.98. The molecule has 1 saturated carbocycles. The van der Waals surface area contributed by atoms with Crippen molar-refractivity contribution in [3.05, 3.63) is 0 Å². The van der Waals surface area contributed by atoms with E-state index in [0.717, 1.165) is 18.8 Å². The van der Waals surface area contributed by atoms with Crippen molar-refractivity contribution >= 4 is 17.7 Å². The van der Waals surface area contributed by atoms with Gasteiger partial charge in [-0.3, -0.25) is 4.79 Å². The number of carbonyl (C=O) groups excluding carboxylic acids is 1. The Hall–Kier alpha value is -0.220. The Bertz CT molecular complexity index is 180. The van der Waals surface area contributed by atoms with E-state index in [4.69, 9.17) is 9.47 Å². The Morgan fingerprint density at radius 2 is 2.21 bits per heavy atom. The minimum absolute atomic E-state index is 0.0603. The second kappa shape index (κ2) is 6.30. The molecular formula is C10H18O3S. The average molecular weight is 218 g/mol. The highest BCUT2D eigenvalue weighted by Crippen LogP contribution is 2.39. The summed E-state index contributed by atoms with van der Waals surface area (Å²) in [5.74, 6) is 1.48. The summed E-state index contributed by atoms with van der Waals surface area (Å²) in [7, 11) is 3.16. The van der Waals surface area contributed by atoms with Crippen LogP contribution in [0.25, 0.3) is 0 Å². The molecule has 0 heterocycles. The van der Waals surface area contributed by atoms with Gasteiger partial charge >= 0.3 is 5.97 Å². The first kappa shape index (κ1) is 11.9. The maximum atomic E-state index is 11.4. The van der Waals surface area contributed by atoms with Crippen LogP contribution >= 0.6 is 11.8 Å². The molecule has 0 amide bonds. The van der Waals surface area contributed by atoms with Gasteiger partial charge in [0.05, 0.1) is 7.11 Å². The van der Waals surface area contributed by atoms with Gasteiger partial charge in [-0.1, -0.05) is 0 Å². The van der Waals surface area contributed by atoms with Gasteiger partial charge in [0.1, 0.15) is 5.25 Å². The summed E-state index contributed by atoms with van der Waals surface area (Å²) in [5.41, 5.74) is 0. The third-order valence-corrected chi connectivity index (χ3v) is 3.73. The summed E-state index contributed by atoms with van der Waals surface area (Å²) in [5, 5.41) is 0.0665. The molecule has 0 N–H and O–H groups in total. The van der Waals surface area contributed by atoms with Crippen LogP contribution in [0.5, 0.6) is 0 Å². The van der Waals surface area contributed by atoms with Crippen LogP contribution in [0, 0.1) is 5.92 Å². The van der Waals surface area contributed by atoms with Gasteiger partial charge in [0.2, 0.25) is 0 Å². The molecule has 0 radical (unpaired) electrons. The van der Waals surface area contributed by atoms with Crippen molar-refractivity contribution in [3.8, 4) is 0 Å². The number of hydrogen-bond donors (Lipinski definition) is 0. The standard InChI is InChI=1S/C10H18O3S/c1-12-6-3-7-14-9(8-4-5-8)10(11)13-2/h8-9H,3-7H2,1-2H3. The quantitative estimate of drug-likeness (QED) is 0.481. The zero-order valence-electron chi connectivity index (χ0n) is 8.82. The Labute approximate surface area is 89.5 Å². The number of carbonyl (C=O) groups is 1. The molecule has 82 valence electrons. The van der Waals surface area contributed by atoms with E-state index in [0.29, 0.717) is 5.92 Å². The van der Waals surface area contributed by atoms with Gasteiger partial charge in [-0.15, -0.1) is 11.8 Å². The van der Waals surface area contributed by atoms with E-state index in [1.54, 1.807) is 18.9 Å². The number of esters is 1. The molecule has 0 saturated heterocycles. The fourth-order valence-corrected chi connectivity index (χ4v) is 2.64. The Kier molecular flexibility index (Phi) is 5.33. The molecule has 0 aromatic heterocycles. The summed E-state index contributed by atoms with van der Waals surface area (Å²) < 4.78 is 9.74. The van der Waals surface area contributed by atoms with Crippen molar-refractivity contribution in [2.45, 2.75) is 24.5 Å². The van der Waals surface area contributed by atoms with E-state index in [1.807, 2.05) is 0 Å². The Morgan fingerprint density at radius 1 is 1.50 bits per heavy atom. The maximum Gasteiger partial charge on any atom is 0.319 e. The molecule has 0 aromatic rings. The van der Waals surface area contributed by atoms with E-state index in [-0.39, 0.29) is 11.2 Å². The number of rotatable bonds is 7. The van der Waals surface area contributed by atoms with Gasteiger partial charge in [0.25, 0.3) is 0 Å². The van der Waals surface area contributed by atoms with Crippen molar-refractivity contribution in [2.75, 3.05) is 26.6 Å². The van der Waals surface area contributed by atoms with Crippen LogP contribution in [-0.4, -0.2) is 37.8 Å². The maximum absolute atomic E-state index is 11.4. The largest absolute Gasteiger partial charge is 0.468 e. The van der Waals surface area contributed by atoms with E-state index >= 15 is 0 Å². The number of hydrogen-bond acceptors (Lipinski definition) is 4. The highest BCUT2D eigenvalue weighted by molar-refractivity contribution is 8.00. The molecule has 3 nitrogen and oxygen atoms in total. The number of ether oxygens (including phenoxy) is 2. The predicted molar refractivity (Wildman–Crippen MR) is 57.5 cm³/mol. The van der Waals surface area contributed by atoms with Gasteiger partial charge in [-0.2, -0.15) is 0 Å². The van der Waals surface area contributed by atoms with Gasteiger partial charge in [0.15, 0.2) is 0 Å². The highest BCUT2D eigenvalue weighted by Gasteiger charge is 2.36. The normalized spacial score (nSPS) is 17.9. The molecule has 0 spiro atoms. The van der Waals surface area contributed by atoms with E-state index in [1.165, 1.54) is 20.0 Å². The molecular weight excluding hydrogens is 200 g/mol. The fourth-order valence-electron chi connectivity index (χ4n) is 1.33. The lowest BCUT2D eigenvalue weighted by Crippen LogP contribution is -2.21. The van der Waals surface area contributed by atoms with Crippen LogP contribution < -0.4 is 0 Å². The van der Waals surface area contributed by atoms with Crippen molar-refractivity contribution in [3.63, 3.8) is 0 Å². The van der Waals surface area contributed by atoms with Gasteiger partial charge < -0.3 is 9.47 Å². The van der Waals surface area contributed by atoms with Gasteiger partial charge in [-0.25, -0.2) is 0 Å². The molecule has 1 aliphatic carbocycles. The number of thioether (sulfide) groups is 1. The molecule has 1 fully saturated rings. The summed E-state index contributed by atoms with van der Waals surface area (Å²) in [6, 6.07) is 0. The molecule has 0 aromatic carbocycles. The lowest BCUT2D eigenvalue weighted by molar-refractivity contribution is -0.140. The summed E-state index contributed by atoms with van der Waals surface area (Å²) in [4.78, 5) is 11.4. The zero-order valence-corrected chi connectivity index (χ0v) is 9.64. The lowest BCUT2D eigenvalue weighted by Gasteiger charge is -2.12. The molecule has 1 unspecified atom stereocenters. The van der Waals surface area contributed by atoms with Crippen LogP contribution in [0.15, 0.2) is 0 Å². The van der Waals surface area contributed by atoms with Gasteiger partial charge in [0, 0.05) is 13.7 Å². The monoisotopic (exact) mass is 218 g/mol. The topological polar surface area (TPSA) is 35.5 Å². The van der Waals surface area contributed by atoms with Crippen molar-refractivity contribution in [1.82, 2.24) is 0 Å². The molecule has 1 aliphatic rings. The van der Waals surface area contributed by atoms with Crippen molar-refractivity contribution in [2.24, 2.45) is 5.92 Å². The van der Waals surface area contributed by atoms with Crippen LogP contribution in [-0.2, 0) is 14.3 Å². The summed E-state index contributed by atoms with van der Waals surface area (Å²) in [6.45, 7) is 0.769. The number of methoxy groups -OCH3 is 2. The van der Waals surface area contributed by atoms with E-state index in [2.05, 4.69) is 0 Å². The smallest absolute Gasteiger partial charge is 0.319 e. The Morgan fingerprint density at radius 3 is 2.71 bits per heavy atom. The third-order valence-electron chi connectivity index (χ3n) is 2.27. The zero-order chi connectivity index (χ0) is 10.4. The summed E-state index contributed by atoms with van der Waals surface area (Å²) in [6.07, 6.45) is 3.36. The summed E-state index contributed by atoms with van der Waals surface area (Å²) >= 11 is 1.71.